The van der Waals surface area contributed by atoms with Crippen molar-refractivity contribution in [1.29, 1.82) is 0 Å². The van der Waals surface area contributed by atoms with Crippen molar-refractivity contribution in [2.45, 2.75) is 33.2 Å². The van der Waals surface area contributed by atoms with Crippen LogP contribution in [-0.4, -0.2) is 19.0 Å². The molecule has 1 atom stereocenters. The Bertz CT molecular complexity index is 428. The average molecular weight is 283 g/mol. The van der Waals surface area contributed by atoms with Gasteiger partial charge in [-0.05, 0) is 49.9 Å². The smallest absolute Gasteiger partial charge is 0.224 e. The Morgan fingerprint density at radius 1 is 1.37 bits per heavy atom. The van der Waals surface area contributed by atoms with E-state index in [4.69, 9.17) is 0 Å². The molecule has 0 spiro atoms. The van der Waals surface area contributed by atoms with Gasteiger partial charge in [-0.15, -0.1) is 12.4 Å². The largest absolute Gasteiger partial charge is 0.352 e. The number of carbonyl (C=O) groups is 1. The lowest BCUT2D eigenvalue weighted by molar-refractivity contribution is -0.125. The second kappa shape index (κ2) is 7.51. The van der Waals surface area contributed by atoms with Gasteiger partial charge in [0.25, 0.3) is 0 Å². The lowest BCUT2D eigenvalue weighted by Gasteiger charge is -2.22. The maximum Gasteiger partial charge on any atom is 0.224 e. The van der Waals surface area contributed by atoms with E-state index in [2.05, 4.69) is 42.7 Å². The first-order valence-corrected chi connectivity index (χ1v) is 6.71. The zero-order valence-electron chi connectivity index (χ0n) is 11.7. The lowest BCUT2D eigenvalue weighted by atomic mass is 9.98. The SMILES string of the molecule is Cc1ccc(CNC(=O)C2CCCNC2)cc1C.Cl. The van der Waals surface area contributed by atoms with Crippen LogP contribution < -0.4 is 10.6 Å². The maximum absolute atomic E-state index is 12.0. The molecular weight excluding hydrogens is 260 g/mol. The fourth-order valence-corrected chi connectivity index (χ4v) is 2.32. The first kappa shape index (κ1) is 16.0. The van der Waals surface area contributed by atoms with Crippen molar-refractivity contribution in [3.05, 3.63) is 34.9 Å². The molecule has 3 nitrogen and oxygen atoms in total. The van der Waals surface area contributed by atoms with Gasteiger partial charge in [-0.25, -0.2) is 0 Å². The van der Waals surface area contributed by atoms with Gasteiger partial charge >= 0.3 is 0 Å². The number of rotatable bonds is 3. The lowest BCUT2D eigenvalue weighted by Crippen LogP contribution is -2.40. The number of piperidine rings is 1. The first-order chi connectivity index (χ1) is 8.66. The van der Waals surface area contributed by atoms with Crippen molar-refractivity contribution >= 4 is 18.3 Å². The predicted molar refractivity (Wildman–Crippen MR) is 80.6 cm³/mol. The Morgan fingerprint density at radius 2 is 2.16 bits per heavy atom. The van der Waals surface area contributed by atoms with Crippen LogP contribution in [0.2, 0.25) is 0 Å². The fourth-order valence-electron chi connectivity index (χ4n) is 2.32. The normalized spacial score (nSPS) is 18.5. The van der Waals surface area contributed by atoms with Crippen LogP contribution in [0, 0.1) is 19.8 Å². The molecule has 0 bridgehead atoms. The molecule has 0 radical (unpaired) electrons. The summed E-state index contributed by atoms with van der Waals surface area (Å²) in [4.78, 5) is 12.0. The molecule has 1 aliphatic rings. The summed E-state index contributed by atoms with van der Waals surface area (Å²) < 4.78 is 0. The summed E-state index contributed by atoms with van der Waals surface area (Å²) in [7, 11) is 0. The van der Waals surface area contributed by atoms with Crippen LogP contribution in [0.5, 0.6) is 0 Å². The van der Waals surface area contributed by atoms with Crippen LogP contribution in [0.3, 0.4) is 0 Å². The third-order valence-corrected chi connectivity index (χ3v) is 3.71. The number of aryl methyl sites for hydroxylation is 2. The third kappa shape index (κ3) is 4.51. The van der Waals surface area contributed by atoms with Crippen molar-refractivity contribution in [1.82, 2.24) is 10.6 Å². The summed E-state index contributed by atoms with van der Waals surface area (Å²) in [5.41, 5.74) is 3.75. The molecule has 19 heavy (non-hydrogen) atoms. The summed E-state index contributed by atoms with van der Waals surface area (Å²) in [5.74, 6) is 0.325. The molecule has 1 aliphatic heterocycles. The summed E-state index contributed by atoms with van der Waals surface area (Å²) in [6.07, 6.45) is 2.10. The third-order valence-electron chi connectivity index (χ3n) is 3.71. The number of hydrogen-bond acceptors (Lipinski definition) is 2. The van der Waals surface area contributed by atoms with Gasteiger partial charge in [0, 0.05) is 13.1 Å². The Kier molecular flexibility index (Phi) is 6.32. The molecule has 1 fully saturated rings. The zero-order valence-corrected chi connectivity index (χ0v) is 12.5. The van der Waals surface area contributed by atoms with Gasteiger partial charge in [0.1, 0.15) is 0 Å². The quantitative estimate of drug-likeness (QED) is 0.893. The highest BCUT2D eigenvalue weighted by atomic mass is 35.5. The Labute approximate surface area is 121 Å². The van der Waals surface area contributed by atoms with Gasteiger partial charge in [-0.2, -0.15) is 0 Å². The highest BCUT2D eigenvalue weighted by molar-refractivity contribution is 5.85. The van der Waals surface area contributed by atoms with Gasteiger partial charge < -0.3 is 10.6 Å². The van der Waals surface area contributed by atoms with Crippen LogP contribution in [-0.2, 0) is 11.3 Å². The Balaban J connectivity index is 0.00000180. The molecule has 1 heterocycles. The summed E-state index contributed by atoms with van der Waals surface area (Å²) in [6.45, 7) is 6.70. The van der Waals surface area contributed by atoms with E-state index in [-0.39, 0.29) is 24.2 Å². The molecule has 0 aromatic heterocycles. The minimum absolute atomic E-state index is 0. The molecule has 1 saturated heterocycles. The molecule has 2 N–H and O–H groups in total. The second-order valence-corrected chi connectivity index (χ2v) is 5.18. The van der Waals surface area contributed by atoms with Crippen molar-refractivity contribution in [3.8, 4) is 0 Å². The summed E-state index contributed by atoms with van der Waals surface area (Å²) >= 11 is 0. The molecule has 0 saturated carbocycles. The van der Waals surface area contributed by atoms with Crippen LogP contribution in [0.1, 0.15) is 29.5 Å². The maximum atomic E-state index is 12.0. The van der Waals surface area contributed by atoms with E-state index in [0.29, 0.717) is 6.54 Å². The van der Waals surface area contributed by atoms with E-state index in [0.717, 1.165) is 25.9 Å². The van der Waals surface area contributed by atoms with Crippen LogP contribution >= 0.6 is 12.4 Å². The van der Waals surface area contributed by atoms with Crippen LogP contribution in [0.25, 0.3) is 0 Å². The van der Waals surface area contributed by atoms with E-state index >= 15 is 0 Å². The summed E-state index contributed by atoms with van der Waals surface area (Å²) in [6, 6.07) is 6.34. The molecule has 106 valence electrons. The standard InChI is InChI=1S/C15H22N2O.ClH/c1-11-5-6-13(8-12(11)2)9-17-15(18)14-4-3-7-16-10-14;/h5-6,8,14,16H,3-4,7,9-10H2,1-2H3,(H,17,18);1H. The van der Waals surface area contributed by atoms with Gasteiger partial charge in [0.2, 0.25) is 5.91 Å². The van der Waals surface area contributed by atoms with E-state index in [1.807, 2.05) is 0 Å². The van der Waals surface area contributed by atoms with Gasteiger partial charge in [-0.3, -0.25) is 4.79 Å². The second-order valence-electron chi connectivity index (χ2n) is 5.18. The molecule has 1 unspecified atom stereocenters. The minimum atomic E-state index is 0. The van der Waals surface area contributed by atoms with Crippen molar-refractivity contribution in [2.75, 3.05) is 13.1 Å². The Hall–Kier alpha value is -1.06. The van der Waals surface area contributed by atoms with Gasteiger partial charge in [0.05, 0.1) is 5.92 Å². The number of nitrogens with one attached hydrogen (secondary N) is 2. The summed E-state index contributed by atoms with van der Waals surface area (Å²) in [5, 5.41) is 6.31. The fraction of sp³-hybridized carbons (Fsp3) is 0.533. The van der Waals surface area contributed by atoms with E-state index in [1.165, 1.54) is 16.7 Å². The number of benzene rings is 1. The van der Waals surface area contributed by atoms with Crippen LogP contribution in [0.4, 0.5) is 0 Å². The molecule has 4 heteroatoms. The number of amides is 1. The van der Waals surface area contributed by atoms with Gasteiger partial charge in [-0.1, -0.05) is 18.2 Å². The number of hydrogen-bond donors (Lipinski definition) is 2. The highest BCUT2D eigenvalue weighted by Gasteiger charge is 2.20. The number of halogens is 1. The van der Waals surface area contributed by atoms with E-state index < -0.39 is 0 Å². The molecule has 1 aromatic carbocycles. The highest BCUT2D eigenvalue weighted by Crippen LogP contribution is 2.12. The molecule has 2 rings (SSSR count). The Morgan fingerprint density at radius 3 is 2.79 bits per heavy atom. The van der Waals surface area contributed by atoms with Crippen molar-refractivity contribution in [2.24, 2.45) is 5.92 Å². The minimum Gasteiger partial charge on any atom is -0.352 e. The monoisotopic (exact) mass is 282 g/mol. The van der Waals surface area contributed by atoms with Crippen LogP contribution in [0.15, 0.2) is 18.2 Å². The first-order valence-electron chi connectivity index (χ1n) is 6.71. The average Bonchev–Trinajstić information content (AvgIpc) is 2.41. The predicted octanol–water partition coefficient (Wildman–Crippen LogP) is 2.34. The topological polar surface area (TPSA) is 41.1 Å². The van der Waals surface area contributed by atoms with E-state index in [9.17, 15) is 4.79 Å². The van der Waals surface area contributed by atoms with E-state index in [1.54, 1.807) is 0 Å². The number of carbonyl (C=O) groups excluding carboxylic acids is 1. The molecule has 1 amide bonds. The van der Waals surface area contributed by atoms with Gasteiger partial charge in [0.15, 0.2) is 0 Å². The molecule has 0 aliphatic carbocycles. The van der Waals surface area contributed by atoms with Crippen molar-refractivity contribution < 1.29 is 4.79 Å². The molecule has 1 aromatic rings. The molecular formula is C15H23ClN2O. The zero-order chi connectivity index (χ0) is 13.0. The van der Waals surface area contributed by atoms with Crippen molar-refractivity contribution in [3.63, 3.8) is 0 Å².